The summed E-state index contributed by atoms with van der Waals surface area (Å²) in [7, 11) is -2.19. The first kappa shape index (κ1) is 34.9. The molecule has 1 aromatic heterocycles. The second-order valence-corrected chi connectivity index (χ2v) is 11.6. The first-order valence-corrected chi connectivity index (χ1v) is 14.6. The van der Waals surface area contributed by atoms with E-state index in [1.54, 1.807) is 19.9 Å². The number of aliphatic hydroxyl groups excluding tert-OH is 1. The minimum atomic E-state index is -5.69. The van der Waals surface area contributed by atoms with Crippen LogP contribution in [0.2, 0.25) is 0 Å². The van der Waals surface area contributed by atoms with Gasteiger partial charge in [-0.05, 0) is 39.6 Å². The Morgan fingerprint density at radius 2 is 1.93 bits per heavy atom. The molecule has 0 saturated carbocycles. The highest BCUT2D eigenvalue weighted by molar-refractivity contribution is 7.52. The molecule has 6 atom stereocenters. The Morgan fingerprint density at radius 3 is 2.48 bits per heavy atom. The molecule has 14 nitrogen and oxygen atoms in total. The average Bonchev–Trinajstić information content (AvgIpc) is 3.21. The number of anilines is 3. The normalized spacial score (nSPS) is 23.9. The molecule has 0 spiro atoms. The number of nitrogens with two attached hydrogens (primary N) is 1. The minimum absolute atomic E-state index is 0.000434. The highest BCUT2D eigenvalue weighted by atomic mass is 31.2. The molecular formula is C25H34F4N7O7P. The number of esters is 1. The number of aliphatic imine (C=N–C) groups is 1. The van der Waals surface area contributed by atoms with E-state index in [9.17, 15) is 27.6 Å². The van der Waals surface area contributed by atoms with Crippen LogP contribution in [0, 0.1) is 0 Å². The first-order chi connectivity index (χ1) is 20.5. The van der Waals surface area contributed by atoms with Gasteiger partial charge in [0.2, 0.25) is 5.95 Å². The van der Waals surface area contributed by atoms with Crippen LogP contribution in [0.5, 0.6) is 5.75 Å². The molecule has 1 aromatic carbocycles. The van der Waals surface area contributed by atoms with Gasteiger partial charge in [0.05, 0.1) is 12.7 Å². The number of nitrogens with one attached hydrogen (secondary N) is 2. The van der Waals surface area contributed by atoms with Crippen LogP contribution in [0.1, 0.15) is 20.8 Å². The van der Waals surface area contributed by atoms with Crippen LogP contribution in [0.15, 0.2) is 35.3 Å². The van der Waals surface area contributed by atoms with E-state index < -0.39 is 74.5 Å². The van der Waals surface area contributed by atoms with Crippen molar-refractivity contribution in [3.8, 4) is 5.75 Å². The van der Waals surface area contributed by atoms with Gasteiger partial charge in [0, 0.05) is 14.1 Å². The van der Waals surface area contributed by atoms with Crippen molar-refractivity contribution in [1.82, 2.24) is 15.1 Å². The first-order valence-electron chi connectivity index (χ1n) is 13.1. The third kappa shape index (κ3) is 7.38. The number of halogens is 4. The third-order valence-corrected chi connectivity index (χ3v) is 7.92. The summed E-state index contributed by atoms with van der Waals surface area (Å²) in [5.74, 6) is -1.66. The molecule has 2 heterocycles. The molecule has 1 saturated heterocycles. The molecule has 19 heteroatoms. The van der Waals surface area contributed by atoms with Crippen molar-refractivity contribution < 1.29 is 50.5 Å². The number of ether oxygens (including phenoxy) is 2. The second-order valence-electron chi connectivity index (χ2n) is 9.89. The van der Waals surface area contributed by atoms with Gasteiger partial charge in [0.1, 0.15) is 29.7 Å². The van der Waals surface area contributed by atoms with E-state index in [4.69, 9.17) is 24.3 Å². The largest absolute Gasteiger partial charge is 0.462 e. The molecule has 0 unspecified atom stereocenters. The van der Waals surface area contributed by atoms with Crippen molar-refractivity contribution in [3.05, 3.63) is 30.3 Å². The molecule has 244 valence electrons. The van der Waals surface area contributed by atoms with Gasteiger partial charge < -0.3 is 35.1 Å². The number of hydrogen-bond acceptors (Lipinski definition) is 13. The summed E-state index contributed by atoms with van der Waals surface area (Å²) in [6.07, 6.45) is -13.8. The van der Waals surface area contributed by atoms with Gasteiger partial charge in [-0.1, -0.05) is 18.2 Å². The van der Waals surface area contributed by atoms with E-state index >= 15 is 4.39 Å². The Kier molecular flexibility index (Phi) is 10.8. The number of benzene rings is 1. The molecule has 1 aliphatic rings. The molecule has 0 amide bonds. The number of hydrogen-bond donors (Lipinski definition) is 4. The van der Waals surface area contributed by atoms with Crippen molar-refractivity contribution in [2.75, 3.05) is 36.7 Å². The fraction of sp³-hybridized carbons (Fsp3) is 0.520. The van der Waals surface area contributed by atoms with Crippen LogP contribution in [-0.2, 0) is 23.4 Å². The standard InChI is InChI=1S/C25H34F4N7O7P/c1-13(2)41-21(38)14(3)35-44(39,43-15-10-8-7-9-11-15)40-12-16-18(37)24(26,25(27,28)29)22(42-16)36(6)20-17(31-4)19(32-5)33-23(30)34-20/h7-11,13-14,16,18,22,37H,4,12H2,1-3,5-6H3,(H,35,39)(H3,30,32,33,34)/t14-,16+,18+,22+,24+,44+/m0/s1. The van der Waals surface area contributed by atoms with Crippen molar-refractivity contribution in [2.24, 2.45) is 4.99 Å². The van der Waals surface area contributed by atoms with E-state index in [0.717, 1.165) is 7.05 Å². The van der Waals surface area contributed by atoms with Gasteiger partial charge in [0.25, 0.3) is 5.67 Å². The van der Waals surface area contributed by atoms with Crippen molar-refractivity contribution in [2.45, 2.75) is 63.2 Å². The lowest BCUT2D eigenvalue weighted by Gasteiger charge is -2.36. The van der Waals surface area contributed by atoms with Crippen molar-refractivity contribution in [3.63, 3.8) is 0 Å². The summed E-state index contributed by atoms with van der Waals surface area (Å²) in [5, 5.41) is 15.7. The lowest BCUT2D eigenvalue weighted by atomic mass is 9.94. The molecule has 5 N–H and O–H groups in total. The van der Waals surface area contributed by atoms with Crippen molar-refractivity contribution in [1.29, 1.82) is 0 Å². The SMILES string of the molecule is C=Nc1c(NC)nc(N)nc1N(C)[C@@H]1O[C@H](CO[P@](=O)(N[C@@H](C)C(=O)OC(C)C)Oc2ccccc2)[C@@H](O)[C@]1(F)C(F)(F)F. The molecule has 3 rings (SSSR count). The number of aliphatic hydroxyl groups is 1. The fourth-order valence-electron chi connectivity index (χ4n) is 4.21. The molecular weight excluding hydrogens is 617 g/mol. The summed E-state index contributed by atoms with van der Waals surface area (Å²) in [4.78, 5) is 24.4. The zero-order valence-electron chi connectivity index (χ0n) is 24.4. The van der Waals surface area contributed by atoms with Crippen LogP contribution in [0.3, 0.4) is 0 Å². The molecule has 0 aliphatic carbocycles. The van der Waals surface area contributed by atoms with Gasteiger partial charge in [0.15, 0.2) is 17.9 Å². The molecule has 1 fully saturated rings. The Labute approximate surface area is 250 Å². The Balaban J connectivity index is 1.95. The maximum Gasteiger partial charge on any atom is 0.459 e. The predicted octanol–water partition coefficient (Wildman–Crippen LogP) is 3.36. The molecule has 1 aliphatic heterocycles. The number of aromatic nitrogens is 2. The van der Waals surface area contributed by atoms with E-state index in [1.807, 2.05) is 0 Å². The minimum Gasteiger partial charge on any atom is -0.462 e. The summed E-state index contributed by atoms with van der Waals surface area (Å²) in [5.41, 5.74) is 1.07. The van der Waals surface area contributed by atoms with Crippen LogP contribution < -0.4 is 25.6 Å². The van der Waals surface area contributed by atoms with Gasteiger partial charge in [-0.3, -0.25) is 14.3 Å². The van der Waals surface area contributed by atoms with Crippen LogP contribution >= 0.6 is 7.75 Å². The Hall–Kier alpha value is -3.57. The maximum absolute atomic E-state index is 16.1. The highest BCUT2D eigenvalue weighted by Gasteiger charge is 2.73. The molecule has 2 aromatic rings. The summed E-state index contributed by atoms with van der Waals surface area (Å²) >= 11 is 0. The Morgan fingerprint density at radius 1 is 1.30 bits per heavy atom. The lowest BCUT2D eigenvalue weighted by molar-refractivity contribution is -0.262. The van der Waals surface area contributed by atoms with Gasteiger partial charge in [-0.25, -0.2) is 8.96 Å². The molecule has 0 bridgehead atoms. The van der Waals surface area contributed by atoms with E-state index in [0.29, 0.717) is 4.90 Å². The predicted molar refractivity (Wildman–Crippen MR) is 153 cm³/mol. The Bertz CT molecular complexity index is 1370. The van der Waals surface area contributed by atoms with Crippen molar-refractivity contribution >= 4 is 43.7 Å². The number of carbonyl (C=O) groups excluding carboxylic acids is 1. The quantitative estimate of drug-likeness (QED) is 0.107. The average molecular weight is 652 g/mol. The number of alkyl halides is 4. The maximum atomic E-state index is 16.1. The number of carbonyl (C=O) groups is 1. The fourth-order valence-corrected chi connectivity index (χ4v) is 5.71. The van der Waals surface area contributed by atoms with E-state index in [2.05, 4.69) is 32.1 Å². The van der Waals surface area contributed by atoms with Gasteiger partial charge >= 0.3 is 19.9 Å². The number of para-hydroxylation sites is 1. The molecule has 44 heavy (non-hydrogen) atoms. The number of nitrogens with zero attached hydrogens (tertiary/aromatic N) is 4. The van der Waals surface area contributed by atoms with Gasteiger partial charge in [-0.15, -0.1) is 0 Å². The van der Waals surface area contributed by atoms with Gasteiger partial charge in [-0.2, -0.15) is 28.2 Å². The van der Waals surface area contributed by atoms with E-state index in [-0.39, 0.29) is 17.3 Å². The zero-order valence-corrected chi connectivity index (χ0v) is 25.3. The number of rotatable bonds is 13. The van der Waals surface area contributed by atoms with Crippen LogP contribution in [-0.4, -0.2) is 90.9 Å². The summed E-state index contributed by atoms with van der Waals surface area (Å²) < 4.78 is 94.0. The monoisotopic (exact) mass is 651 g/mol. The lowest BCUT2D eigenvalue weighted by Crippen LogP contribution is -2.60. The topological polar surface area (TPSA) is 183 Å². The molecule has 0 radical (unpaired) electrons. The summed E-state index contributed by atoms with van der Waals surface area (Å²) in [6.45, 7) is 6.72. The smallest absolute Gasteiger partial charge is 0.459 e. The second kappa shape index (κ2) is 13.6. The zero-order chi connectivity index (χ0) is 33.0. The van der Waals surface area contributed by atoms with E-state index in [1.165, 1.54) is 38.2 Å². The summed E-state index contributed by atoms with van der Waals surface area (Å²) in [6, 6.07) is 6.21. The highest BCUT2D eigenvalue weighted by Crippen LogP contribution is 2.51. The van der Waals surface area contributed by atoms with Crippen LogP contribution in [0.4, 0.5) is 40.8 Å². The number of nitrogen functional groups attached to an aromatic ring is 1. The third-order valence-electron chi connectivity index (χ3n) is 6.28. The van der Waals surface area contributed by atoms with Crippen LogP contribution in [0.25, 0.3) is 0 Å².